The van der Waals surface area contributed by atoms with Crippen LogP contribution in [-0.4, -0.2) is 29.8 Å². The third-order valence-electron chi connectivity index (χ3n) is 5.35. The maximum Gasteiger partial charge on any atom is 0.243 e. The predicted molar refractivity (Wildman–Crippen MR) is 128 cm³/mol. The first-order valence-electron chi connectivity index (χ1n) is 11.3. The first-order chi connectivity index (χ1) is 17.2. The van der Waals surface area contributed by atoms with E-state index >= 15 is 0 Å². The van der Waals surface area contributed by atoms with Crippen LogP contribution in [0.5, 0.6) is 0 Å². The van der Waals surface area contributed by atoms with Crippen LogP contribution >= 0.6 is 0 Å². The SMILES string of the molecule is C[C@H](NC(=O)Cc1cc(F)cc(F)c1)C(=O)N[C@@H](Cc1ccccc1)C(=O)NCc1ccc(F)cc1. The van der Waals surface area contributed by atoms with E-state index in [4.69, 9.17) is 0 Å². The average molecular weight is 498 g/mol. The summed E-state index contributed by atoms with van der Waals surface area (Å²) >= 11 is 0. The van der Waals surface area contributed by atoms with Crippen molar-refractivity contribution in [1.29, 1.82) is 0 Å². The summed E-state index contributed by atoms with van der Waals surface area (Å²) < 4.78 is 39.9. The summed E-state index contributed by atoms with van der Waals surface area (Å²) in [5, 5.41) is 7.86. The molecular formula is C27H26F3N3O3. The fraction of sp³-hybridized carbons (Fsp3) is 0.222. The minimum atomic E-state index is -1.01. The second kappa shape index (κ2) is 12.5. The molecular weight excluding hydrogens is 471 g/mol. The summed E-state index contributed by atoms with van der Waals surface area (Å²) in [6, 6.07) is 15.5. The van der Waals surface area contributed by atoms with Crippen molar-refractivity contribution in [2.45, 2.75) is 38.4 Å². The number of hydrogen-bond acceptors (Lipinski definition) is 3. The summed E-state index contributed by atoms with van der Waals surface area (Å²) in [4.78, 5) is 38.0. The van der Waals surface area contributed by atoms with Crippen molar-refractivity contribution in [2.75, 3.05) is 0 Å². The molecule has 0 aromatic heterocycles. The molecule has 0 bridgehead atoms. The highest BCUT2D eigenvalue weighted by Gasteiger charge is 2.25. The van der Waals surface area contributed by atoms with E-state index in [9.17, 15) is 27.6 Å². The first-order valence-corrected chi connectivity index (χ1v) is 11.3. The van der Waals surface area contributed by atoms with Gasteiger partial charge in [-0.05, 0) is 47.9 Å². The van der Waals surface area contributed by atoms with E-state index in [0.29, 0.717) is 11.6 Å². The Hall–Kier alpha value is -4.14. The predicted octanol–water partition coefficient (Wildman–Crippen LogP) is 3.20. The van der Waals surface area contributed by atoms with Crippen molar-refractivity contribution in [3.05, 3.63) is 107 Å². The molecule has 3 amide bonds. The van der Waals surface area contributed by atoms with E-state index in [2.05, 4.69) is 16.0 Å². The minimum absolute atomic E-state index is 0.125. The number of rotatable bonds is 10. The Labute approximate surface area is 206 Å². The molecule has 0 fully saturated rings. The Morgan fingerprint density at radius 2 is 1.36 bits per heavy atom. The largest absolute Gasteiger partial charge is 0.350 e. The number of halogens is 3. The molecule has 0 aliphatic rings. The van der Waals surface area contributed by atoms with Gasteiger partial charge in [-0.1, -0.05) is 42.5 Å². The summed E-state index contributed by atoms with van der Waals surface area (Å²) in [6.07, 6.45) is -0.122. The van der Waals surface area contributed by atoms with E-state index < -0.39 is 47.3 Å². The van der Waals surface area contributed by atoms with Gasteiger partial charge in [-0.15, -0.1) is 0 Å². The molecule has 0 radical (unpaired) electrons. The number of carbonyl (C=O) groups is 3. The zero-order valence-corrected chi connectivity index (χ0v) is 19.6. The van der Waals surface area contributed by atoms with Crippen LogP contribution in [0.25, 0.3) is 0 Å². The Bertz CT molecular complexity index is 1180. The second-order valence-electron chi connectivity index (χ2n) is 8.34. The molecule has 3 aromatic carbocycles. The zero-order valence-electron chi connectivity index (χ0n) is 19.6. The summed E-state index contributed by atoms with van der Waals surface area (Å²) in [7, 11) is 0. The van der Waals surface area contributed by atoms with Crippen LogP contribution in [0.4, 0.5) is 13.2 Å². The molecule has 3 aromatic rings. The molecule has 3 rings (SSSR count). The van der Waals surface area contributed by atoms with E-state index in [1.807, 2.05) is 30.3 Å². The average Bonchev–Trinajstić information content (AvgIpc) is 2.83. The zero-order chi connectivity index (χ0) is 26.1. The van der Waals surface area contributed by atoms with Crippen LogP contribution in [0, 0.1) is 17.5 Å². The first kappa shape index (κ1) is 26.5. The van der Waals surface area contributed by atoms with Gasteiger partial charge in [-0.2, -0.15) is 0 Å². The molecule has 36 heavy (non-hydrogen) atoms. The van der Waals surface area contributed by atoms with Crippen molar-refractivity contribution >= 4 is 17.7 Å². The number of carbonyl (C=O) groups excluding carboxylic acids is 3. The molecule has 0 spiro atoms. The third kappa shape index (κ3) is 8.26. The molecule has 3 N–H and O–H groups in total. The minimum Gasteiger partial charge on any atom is -0.350 e. The van der Waals surface area contributed by atoms with Crippen molar-refractivity contribution in [1.82, 2.24) is 16.0 Å². The molecule has 6 nitrogen and oxygen atoms in total. The molecule has 0 saturated carbocycles. The summed E-state index contributed by atoms with van der Waals surface area (Å²) in [5.74, 6) is -3.67. The van der Waals surface area contributed by atoms with Gasteiger partial charge >= 0.3 is 0 Å². The molecule has 0 unspecified atom stereocenters. The van der Waals surface area contributed by atoms with Gasteiger partial charge in [0.05, 0.1) is 6.42 Å². The number of hydrogen-bond donors (Lipinski definition) is 3. The molecule has 0 aliphatic carbocycles. The van der Waals surface area contributed by atoms with Gasteiger partial charge in [0.2, 0.25) is 17.7 Å². The van der Waals surface area contributed by atoms with Crippen molar-refractivity contribution in [3.63, 3.8) is 0 Å². The quantitative estimate of drug-likeness (QED) is 0.402. The van der Waals surface area contributed by atoms with Crippen LogP contribution in [0.15, 0.2) is 72.8 Å². The summed E-state index contributed by atoms with van der Waals surface area (Å²) in [5.41, 5.74) is 1.62. The van der Waals surface area contributed by atoms with Gasteiger partial charge in [-0.25, -0.2) is 13.2 Å². The summed E-state index contributed by atoms with van der Waals surface area (Å²) in [6.45, 7) is 1.58. The lowest BCUT2D eigenvalue weighted by atomic mass is 10.0. The molecule has 2 atom stereocenters. The maximum absolute atomic E-state index is 13.4. The fourth-order valence-corrected chi connectivity index (χ4v) is 3.53. The Morgan fingerprint density at radius 1 is 0.722 bits per heavy atom. The standard InChI is InChI=1S/C27H26F3N3O3/c1-17(32-25(34)14-20-11-22(29)15-23(30)12-20)26(35)33-24(13-18-5-3-2-4-6-18)27(36)31-16-19-7-9-21(28)10-8-19/h2-12,15,17,24H,13-14,16H2,1H3,(H,31,36)(H,32,34)(H,33,35)/t17-,24-/m0/s1. The Morgan fingerprint density at radius 3 is 2.00 bits per heavy atom. The van der Waals surface area contributed by atoms with Crippen LogP contribution in [0.3, 0.4) is 0 Å². The van der Waals surface area contributed by atoms with Gasteiger partial charge in [0.1, 0.15) is 29.5 Å². The van der Waals surface area contributed by atoms with Gasteiger partial charge in [-0.3, -0.25) is 14.4 Å². The molecule has 188 valence electrons. The normalized spacial score (nSPS) is 12.3. The molecule has 0 aliphatic heterocycles. The van der Waals surface area contributed by atoms with E-state index in [1.54, 1.807) is 12.1 Å². The van der Waals surface area contributed by atoms with Gasteiger partial charge < -0.3 is 16.0 Å². The number of amides is 3. The maximum atomic E-state index is 13.4. The highest BCUT2D eigenvalue weighted by Crippen LogP contribution is 2.09. The van der Waals surface area contributed by atoms with Crippen molar-refractivity contribution in [3.8, 4) is 0 Å². The highest BCUT2D eigenvalue weighted by atomic mass is 19.1. The molecule has 0 heterocycles. The van der Waals surface area contributed by atoms with Gasteiger partial charge in [0.15, 0.2) is 0 Å². The van der Waals surface area contributed by atoms with Gasteiger partial charge in [0.25, 0.3) is 0 Å². The van der Waals surface area contributed by atoms with Crippen molar-refractivity contribution in [2.24, 2.45) is 0 Å². The third-order valence-corrected chi connectivity index (χ3v) is 5.35. The molecule has 9 heteroatoms. The number of nitrogens with one attached hydrogen (secondary N) is 3. The van der Waals surface area contributed by atoms with Crippen LogP contribution in [-0.2, 0) is 33.8 Å². The van der Waals surface area contributed by atoms with E-state index in [0.717, 1.165) is 17.7 Å². The monoisotopic (exact) mass is 497 g/mol. The van der Waals surface area contributed by atoms with Crippen LogP contribution < -0.4 is 16.0 Å². The van der Waals surface area contributed by atoms with Crippen molar-refractivity contribution < 1.29 is 27.6 Å². The Balaban J connectivity index is 1.62. The lowest BCUT2D eigenvalue weighted by Crippen LogP contribution is -2.53. The van der Waals surface area contributed by atoms with Crippen LogP contribution in [0.2, 0.25) is 0 Å². The second-order valence-corrected chi connectivity index (χ2v) is 8.34. The Kier molecular flexibility index (Phi) is 9.21. The van der Waals surface area contributed by atoms with E-state index in [1.165, 1.54) is 19.1 Å². The number of benzene rings is 3. The smallest absolute Gasteiger partial charge is 0.243 e. The lowest BCUT2D eigenvalue weighted by Gasteiger charge is -2.21. The van der Waals surface area contributed by atoms with Gasteiger partial charge in [0, 0.05) is 19.0 Å². The van der Waals surface area contributed by atoms with Crippen LogP contribution in [0.1, 0.15) is 23.6 Å². The molecule has 0 saturated heterocycles. The highest BCUT2D eigenvalue weighted by molar-refractivity contribution is 5.92. The fourth-order valence-electron chi connectivity index (χ4n) is 3.53. The van der Waals surface area contributed by atoms with E-state index in [-0.39, 0.29) is 24.9 Å². The topological polar surface area (TPSA) is 87.3 Å². The lowest BCUT2D eigenvalue weighted by molar-refractivity contribution is -0.131.